The summed E-state index contributed by atoms with van der Waals surface area (Å²) in [6, 6.07) is 10.4. The Labute approximate surface area is 110 Å². The molecule has 0 amide bonds. The van der Waals surface area contributed by atoms with Crippen molar-refractivity contribution in [1.29, 1.82) is 0 Å². The number of rotatable bonds is 3. The lowest BCUT2D eigenvalue weighted by Crippen LogP contribution is -2.17. The number of aromatic nitrogens is 1. The van der Waals surface area contributed by atoms with Crippen LogP contribution in [0.25, 0.3) is 11.0 Å². The third-order valence-corrected chi connectivity index (χ3v) is 3.11. The lowest BCUT2D eigenvalue weighted by molar-refractivity contribution is 0.476. The predicted molar refractivity (Wildman–Crippen MR) is 71.3 cm³/mol. The van der Waals surface area contributed by atoms with Crippen LogP contribution in [0, 0.1) is 5.82 Å². The molecule has 2 aromatic heterocycles. The number of fused-ring (bicyclic) bond motifs is 1. The second kappa shape index (κ2) is 4.82. The van der Waals surface area contributed by atoms with E-state index in [9.17, 15) is 4.39 Å². The molecule has 0 fully saturated rings. The number of para-hydroxylation sites is 1. The highest BCUT2D eigenvalue weighted by Gasteiger charge is 2.18. The maximum Gasteiger partial charge on any atom is 0.169 e. The van der Waals surface area contributed by atoms with Gasteiger partial charge >= 0.3 is 0 Å². The monoisotopic (exact) mass is 256 g/mol. The van der Waals surface area contributed by atoms with Gasteiger partial charge in [0.05, 0.1) is 6.04 Å². The van der Waals surface area contributed by atoms with Crippen molar-refractivity contribution in [2.24, 2.45) is 0 Å². The Kier molecular flexibility index (Phi) is 3.01. The Morgan fingerprint density at radius 3 is 2.84 bits per heavy atom. The van der Waals surface area contributed by atoms with Crippen molar-refractivity contribution in [3.05, 3.63) is 65.9 Å². The van der Waals surface area contributed by atoms with Crippen molar-refractivity contribution >= 4 is 11.0 Å². The summed E-state index contributed by atoms with van der Waals surface area (Å²) in [5, 5.41) is 3.92. The number of benzene rings is 1. The molecule has 0 spiro atoms. The molecule has 0 bridgehead atoms. The average molecular weight is 256 g/mol. The van der Waals surface area contributed by atoms with E-state index in [0.717, 1.165) is 10.9 Å². The number of pyridine rings is 1. The van der Waals surface area contributed by atoms with Crippen LogP contribution in [0.5, 0.6) is 0 Å². The van der Waals surface area contributed by atoms with Crippen molar-refractivity contribution in [2.75, 3.05) is 7.05 Å². The maximum atomic E-state index is 13.6. The van der Waals surface area contributed by atoms with Gasteiger partial charge in [-0.2, -0.15) is 0 Å². The lowest BCUT2D eigenvalue weighted by atomic mass is 10.1. The van der Waals surface area contributed by atoms with Gasteiger partial charge in [0.2, 0.25) is 0 Å². The molecule has 1 aromatic carbocycles. The van der Waals surface area contributed by atoms with Crippen LogP contribution in [0.1, 0.15) is 17.4 Å². The Morgan fingerprint density at radius 1 is 1.26 bits per heavy atom. The van der Waals surface area contributed by atoms with Crippen LogP contribution in [0.2, 0.25) is 0 Å². The fraction of sp³-hybridized carbons (Fsp3) is 0.133. The van der Waals surface area contributed by atoms with E-state index >= 15 is 0 Å². The Bertz CT molecular complexity index is 694. The smallest absolute Gasteiger partial charge is 0.169 e. The number of nitrogens with one attached hydrogen (secondary N) is 1. The first-order valence-corrected chi connectivity index (χ1v) is 6.05. The molecule has 1 N–H and O–H groups in total. The topological polar surface area (TPSA) is 38.1 Å². The van der Waals surface area contributed by atoms with Crippen LogP contribution < -0.4 is 5.32 Å². The predicted octanol–water partition coefficient (Wildman–Crippen LogP) is 3.28. The van der Waals surface area contributed by atoms with E-state index in [2.05, 4.69) is 10.3 Å². The molecule has 0 saturated heterocycles. The van der Waals surface area contributed by atoms with E-state index in [4.69, 9.17) is 4.42 Å². The molecule has 0 aliphatic carbocycles. The molecule has 19 heavy (non-hydrogen) atoms. The van der Waals surface area contributed by atoms with Crippen LogP contribution in [0.4, 0.5) is 4.39 Å². The fourth-order valence-electron chi connectivity index (χ4n) is 2.21. The van der Waals surface area contributed by atoms with E-state index < -0.39 is 0 Å². The highest BCUT2D eigenvalue weighted by Crippen LogP contribution is 2.28. The Morgan fingerprint density at radius 2 is 2.16 bits per heavy atom. The minimum Gasteiger partial charge on any atom is -0.456 e. The number of furan rings is 1. The molecule has 3 aromatic rings. The van der Waals surface area contributed by atoms with E-state index in [-0.39, 0.29) is 11.9 Å². The van der Waals surface area contributed by atoms with Gasteiger partial charge in [-0.15, -0.1) is 0 Å². The molecular weight excluding hydrogens is 243 g/mol. The number of hydrogen-bond donors (Lipinski definition) is 1. The van der Waals surface area contributed by atoms with Crippen molar-refractivity contribution in [2.45, 2.75) is 6.04 Å². The normalized spacial score (nSPS) is 12.7. The first-order chi connectivity index (χ1) is 9.29. The van der Waals surface area contributed by atoms with Crippen LogP contribution in [0.3, 0.4) is 0 Å². The Balaban J connectivity index is 2.09. The van der Waals surface area contributed by atoms with Crippen molar-refractivity contribution in [3.63, 3.8) is 0 Å². The van der Waals surface area contributed by atoms with Gasteiger partial charge in [0.15, 0.2) is 11.4 Å². The quantitative estimate of drug-likeness (QED) is 0.781. The molecule has 96 valence electrons. The molecule has 0 aliphatic rings. The first kappa shape index (κ1) is 11.9. The average Bonchev–Trinajstić information content (AvgIpc) is 2.86. The molecule has 0 aliphatic heterocycles. The van der Waals surface area contributed by atoms with Crippen LogP contribution in [-0.2, 0) is 0 Å². The zero-order valence-electron chi connectivity index (χ0n) is 10.4. The lowest BCUT2D eigenvalue weighted by Gasteiger charge is -2.12. The van der Waals surface area contributed by atoms with Gasteiger partial charge in [0, 0.05) is 17.8 Å². The van der Waals surface area contributed by atoms with Gasteiger partial charge in [-0.1, -0.05) is 18.2 Å². The second-order valence-electron chi connectivity index (χ2n) is 4.32. The summed E-state index contributed by atoms with van der Waals surface area (Å²) in [5.74, 6) is 0.334. The van der Waals surface area contributed by atoms with Crippen molar-refractivity contribution in [1.82, 2.24) is 10.3 Å². The highest BCUT2D eigenvalue weighted by atomic mass is 19.1. The van der Waals surface area contributed by atoms with Crippen molar-refractivity contribution in [3.8, 4) is 0 Å². The van der Waals surface area contributed by atoms with E-state index in [0.29, 0.717) is 11.3 Å². The van der Waals surface area contributed by atoms with Crippen LogP contribution >= 0.6 is 0 Å². The van der Waals surface area contributed by atoms with Gasteiger partial charge in [0.25, 0.3) is 0 Å². The molecular formula is C15H13FN2O. The molecule has 0 radical (unpaired) electrons. The third-order valence-electron chi connectivity index (χ3n) is 3.11. The van der Waals surface area contributed by atoms with E-state index in [1.807, 2.05) is 31.3 Å². The number of nitrogens with zero attached hydrogens (tertiary/aromatic N) is 1. The van der Waals surface area contributed by atoms with E-state index in [1.54, 1.807) is 18.5 Å². The molecule has 3 rings (SSSR count). The zero-order valence-corrected chi connectivity index (χ0v) is 10.4. The van der Waals surface area contributed by atoms with Gasteiger partial charge in [-0.05, 0) is 30.8 Å². The van der Waals surface area contributed by atoms with Gasteiger partial charge in [-0.25, -0.2) is 4.39 Å². The number of hydrogen-bond acceptors (Lipinski definition) is 3. The molecule has 4 heteroatoms. The molecule has 1 unspecified atom stereocenters. The standard InChI is InChI=1S/C15H13FN2O/c1-17-14(11-5-3-7-18-9-11)13-8-10-4-2-6-12(16)15(10)19-13/h2-9,14,17H,1H3. The summed E-state index contributed by atoms with van der Waals surface area (Å²) in [6.07, 6.45) is 3.49. The molecule has 3 nitrogen and oxygen atoms in total. The molecule has 2 heterocycles. The van der Waals surface area contributed by atoms with E-state index in [1.165, 1.54) is 6.07 Å². The fourth-order valence-corrected chi connectivity index (χ4v) is 2.21. The largest absolute Gasteiger partial charge is 0.456 e. The summed E-state index contributed by atoms with van der Waals surface area (Å²) in [5.41, 5.74) is 1.27. The molecule has 1 atom stereocenters. The third kappa shape index (κ3) is 2.11. The minimum atomic E-state index is -0.343. The highest BCUT2D eigenvalue weighted by molar-refractivity contribution is 5.78. The first-order valence-electron chi connectivity index (χ1n) is 6.05. The molecule has 0 saturated carbocycles. The maximum absolute atomic E-state index is 13.6. The summed E-state index contributed by atoms with van der Waals surface area (Å²) in [4.78, 5) is 4.09. The van der Waals surface area contributed by atoms with Gasteiger partial charge < -0.3 is 9.73 Å². The zero-order chi connectivity index (χ0) is 13.2. The SMILES string of the molecule is CNC(c1cccnc1)c1cc2cccc(F)c2o1. The Hall–Kier alpha value is -2.20. The summed E-state index contributed by atoms with van der Waals surface area (Å²) in [7, 11) is 1.83. The van der Waals surface area contributed by atoms with Crippen LogP contribution in [0.15, 0.2) is 53.2 Å². The van der Waals surface area contributed by atoms with Crippen molar-refractivity contribution < 1.29 is 8.81 Å². The van der Waals surface area contributed by atoms with Crippen LogP contribution in [-0.4, -0.2) is 12.0 Å². The van der Waals surface area contributed by atoms with Gasteiger partial charge in [-0.3, -0.25) is 4.98 Å². The minimum absolute atomic E-state index is 0.138. The summed E-state index contributed by atoms with van der Waals surface area (Å²) < 4.78 is 19.3. The second-order valence-corrected chi connectivity index (χ2v) is 4.32. The summed E-state index contributed by atoms with van der Waals surface area (Å²) >= 11 is 0. The van der Waals surface area contributed by atoms with Gasteiger partial charge in [0.1, 0.15) is 5.76 Å². The summed E-state index contributed by atoms with van der Waals surface area (Å²) in [6.45, 7) is 0. The number of halogens is 1.